The van der Waals surface area contributed by atoms with E-state index in [4.69, 9.17) is 5.21 Å². The molecule has 4 aromatic rings. The van der Waals surface area contributed by atoms with Crippen LogP contribution in [0.4, 0.5) is 0 Å². The predicted octanol–water partition coefficient (Wildman–Crippen LogP) is 6.59. The third-order valence-corrected chi connectivity index (χ3v) is 6.30. The Hall–Kier alpha value is -3.20. The van der Waals surface area contributed by atoms with Gasteiger partial charge in [0.2, 0.25) is 5.69 Å². The number of hydrogen-bond donors (Lipinski definition) is 0. The van der Waals surface area contributed by atoms with Gasteiger partial charge >= 0.3 is 0 Å². The van der Waals surface area contributed by atoms with Gasteiger partial charge in [-0.15, -0.1) is 4.68 Å². The van der Waals surface area contributed by atoms with E-state index in [1.54, 1.807) is 0 Å². The van der Waals surface area contributed by atoms with E-state index in [2.05, 4.69) is 114 Å². The monoisotopic (exact) mass is 424 g/mol. The number of rotatable bonds is 3. The van der Waals surface area contributed by atoms with Crippen molar-refractivity contribution in [2.45, 2.75) is 62.3 Å². The zero-order valence-electron chi connectivity index (χ0n) is 20.9. The van der Waals surface area contributed by atoms with Gasteiger partial charge in [0.15, 0.2) is 17.6 Å². The molecule has 3 heteroatoms. The molecular weight excluding hydrogens is 390 g/mol. The molecule has 0 radical (unpaired) electrons. The summed E-state index contributed by atoms with van der Waals surface area (Å²) >= 11 is 0. The van der Waals surface area contributed by atoms with Gasteiger partial charge in [-0.25, -0.2) is 0 Å². The molecule has 3 nitrogen and oxygen atoms in total. The summed E-state index contributed by atoms with van der Waals surface area (Å²) in [6, 6.07) is 13.5. The summed E-state index contributed by atoms with van der Waals surface area (Å²) in [4.78, 5) is 0. The van der Waals surface area contributed by atoms with Gasteiger partial charge in [0.1, 0.15) is 5.21 Å². The first-order chi connectivity index (χ1) is 15.1. The molecule has 3 aromatic carbocycles. The number of aryl methyl sites for hydroxylation is 9. The van der Waals surface area contributed by atoms with Crippen molar-refractivity contribution < 1.29 is 4.68 Å². The first kappa shape index (κ1) is 22.0. The topological polar surface area (TPSA) is 21.7 Å². The highest BCUT2D eigenvalue weighted by Crippen LogP contribution is 2.30. The van der Waals surface area contributed by atoms with Crippen molar-refractivity contribution in [2.75, 3.05) is 0 Å². The molecule has 1 heterocycles. The van der Waals surface area contributed by atoms with Crippen LogP contribution < -0.4 is 4.68 Å². The summed E-state index contributed by atoms with van der Waals surface area (Å²) in [7, 11) is 0. The molecule has 0 bridgehead atoms. The van der Waals surface area contributed by atoms with Crippen LogP contribution in [-0.4, -0.2) is 9.90 Å². The van der Waals surface area contributed by atoms with Gasteiger partial charge in [-0.05, 0) is 95.7 Å². The van der Waals surface area contributed by atoms with Crippen LogP contribution in [0.15, 0.2) is 42.6 Å². The van der Waals surface area contributed by atoms with Crippen molar-refractivity contribution in [1.29, 1.82) is 0 Å². The number of benzene rings is 3. The van der Waals surface area contributed by atoms with Crippen LogP contribution in [0.3, 0.4) is 0 Å². The second kappa shape index (κ2) is 8.05. The molecule has 1 aromatic heterocycles. The Balaban J connectivity index is 2.09. The SMILES string of the molecule is Cc1cc(C)c(-c2cn(-c3c(C)cc(C)cc3C)n[n+]2-c2c(C)cc(C)cc2C)c(C)c1. The third kappa shape index (κ3) is 3.77. The molecule has 0 atom stereocenters. The maximum absolute atomic E-state index is 5.17. The standard InChI is InChI=1S/C29H34N3/c1-17-10-20(4)27(21(5)11-17)26-16-31(28-22(6)12-18(2)13-23(28)7)30-32(26)29-24(8)14-19(3)15-25(29)9/h10-16H,1-9H3/q+1. The van der Waals surface area contributed by atoms with Crippen LogP contribution in [0.25, 0.3) is 22.6 Å². The van der Waals surface area contributed by atoms with E-state index in [1.165, 1.54) is 55.6 Å². The lowest BCUT2D eigenvalue weighted by atomic mass is 9.97. The average Bonchev–Trinajstić information content (AvgIpc) is 3.03. The van der Waals surface area contributed by atoms with E-state index < -0.39 is 0 Å². The summed E-state index contributed by atoms with van der Waals surface area (Å²) in [5.41, 5.74) is 16.0. The fraction of sp³-hybridized carbons (Fsp3) is 0.310. The van der Waals surface area contributed by atoms with E-state index in [1.807, 2.05) is 0 Å². The molecule has 0 fully saturated rings. The number of hydrogen-bond acceptors (Lipinski definition) is 1. The minimum absolute atomic E-state index is 1.12. The van der Waals surface area contributed by atoms with Crippen LogP contribution in [-0.2, 0) is 0 Å². The van der Waals surface area contributed by atoms with Crippen molar-refractivity contribution in [3.8, 4) is 22.6 Å². The molecule has 4 rings (SSSR count). The average molecular weight is 425 g/mol. The number of aromatic nitrogens is 3. The minimum Gasteiger partial charge on any atom is -0.101 e. The highest BCUT2D eigenvalue weighted by Gasteiger charge is 2.27. The Morgan fingerprint density at radius 3 is 1.44 bits per heavy atom. The molecule has 0 N–H and O–H groups in total. The van der Waals surface area contributed by atoms with Crippen LogP contribution in [0.2, 0.25) is 0 Å². The number of nitrogens with zero attached hydrogens (tertiary/aromatic N) is 3. The fourth-order valence-electron chi connectivity index (χ4n) is 5.41. The van der Waals surface area contributed by atoms with Gasteiger partial charge in [0, 0.05) is 5.56 Å². The molecule has 0 amide bonds. The Morgan fingerprint density at radius 1 is 0.562 bits per heavy atom. The van der Waals surface area contributed by atoms with Gasteiger partial charge < -0.3 is 0 Å². The normalized spacial score (nSPS) is 11.3. The Labute approximate surface area is 192 Å². The summed E-state index contributed by atoms with van der Waals surface area (Å²) in [5.74, 6) is 0. The van der Waals surface area contributed by atoms with Gasteiger partial charge in [-0.2, -0.15) is 0 Å². The van der Waals surface area contributed by atoms with Gasteiger partial charge in [-0.3, -0.25) is 0 Å². The summed E-state index contributed by atoms with van der Waals surface area (Å²) in [6.07, 6.45) is 2.20. The van der Waals surface area contributed by atoms with Crippen molar-refractivity contribution in [2.24, 2.45) is 0 Å². The molecule has 0 unspecified atom stereocenters. The second-order valence-electron chi connectivity index (χ2n) is 9.53. The molecule has 0 aliphatic rings. The molecular formula is C29H34N3+. The highest BCUT2D eigenvalue weighted by molar-refractivity contribution is 5.67. The van der Waals surface area contributed by atoms with Gasteiger partial charge in [-0.1, -0.05) is 57.8 Å². The molecule has 0 saturated carbocycles. The maximum Gasteiger partial charge on any atom is 0.205 e. The summed E-state index contributed by atoms with van der Waals surface area (Å²) in [6.45, 7) is 19.6. The predicted molar refractivity (Wildman–Crippen MR) is 133 cm³/mol. The van der Waals surface area contributed by atoms with Crippen molar-refractivity contribution >= 4 is 0 Å². The quantitative estimate of drug-likeness (QED) is 0.340. The van der Waals surface area contributed by atoms with E-state index in [0.717, 1.165) is 17.1 Å². The first-order valence-corrected chi connectivity index (χ1v) is 11.3. The van der Waals surface area contributed by atoms with Crippen LogP contribution in [0, 0.1) is 62.3 Å². The van der Waals surface area contributed by atoms with E-state index >= 15 is 0 Å². The second-order valence-corrected chi connectivity index (χ2v) is 9.53. The van der Waals surface area contributed by atoms with Gasteiger partial charge in [0.05, 0.1) is 0 Å². The molecule has 32 heavy (non-hydrogen) atoms. The Kier molecular flexibility index (Phi) is 5.54. The zero-order valence-corrected chi connectivity index (χ0v) is 20.9. The van der Waals surface area contributed by atoms with Crippen LogP contribution in [0.1, 0.15) is 50.1 Å². The van der Waals surface area contributed by atoms with E-state index in [9.17, 15) is 0 Å². The first-order valence-electron chi connectivity index (χ1n) is 11.3. The van der Waals surface area contributed by atoms with Crippen LogP contribution in [0.5, 0.6) is 0 Å². The zero-order chi connectivity index (χ0) is 23.3. The van der Waals surface area contributed by atoms with Crippen molar-refractivity contribution in [3.05, 3.63) is 92.7 Å². The lowest BCUT2D eigenvalue weighted by Gasteiger charge is -2.11. The summed E-state index contributed by atoms with van der Waals surface area (Å²) < 4.78 is 4.21. The van der Waals surface area contributed by atoms with Crippen molar-refractivity contribution in [3.63, 3.8) is 0 Å². The van der Waals surface area contributed by atoms with Crippen molar-refractivity contribution in [1.82, 2.24) is 9.90 Å². The fourth-order valence-corrected chi connectivity index (χ4v) is 5.41. The lowest BCUT2D eigenvalue weighted by Crippen LogP contribution is -2.38. The molecule has 0 saturated heterocycles. The molecule has 164 valence electrons. The largest absolute Gasteiger partial charge is 0.205 e. The maximum atomic E-state index is 5.17. The Bertz CT molecular complexity index is 1210. The molecule has 0 aliphatic carbocycles. The van der Waals surface area contributed by atoms with E-state index in [-0.39, 0.29) is 0 Å². The summed E-state index contributed by atoms with van der Waals surface area (Å²) in [5, 5.41) is 5.17. The van der Waals surface area contributed by atoms with E-state index in [0.29, 0.717) is 0 Å². The minimum atomic E-state index is 1.12. The third-order valence-electron chi connectivity index (χ3n) is 6.30. The van der Waals surface area contributed by atoms with Gasteiger partial charge in [0.25, 0.3) is 0 Å². The smallest absolute Gasteiger partial charge is 0.101 e. The highest BCUT2D eigenvalue weighted by atomic mass is 15.5. The lowest BCUT2D eigenvalue weighted by molar-refractivity contribution is -0.651. The Morgan fingerprint density at radius 2 is 0.969 bits per heavy atom. The molecule has 0 aliphatic heterocycles. The van der Waals surface area contributed by atoms with Crippen LogP contribution >= 0.6 is 0 Å². The molecule has 0 spiro atoms.